The van der Waals surface area contributed by atoms with E-state index in [1.807, 2.05) is 6.92 Å². The van der Waals surface area contributed by atoms with Gasteiger partial charge in [-0.1, -0.05) is 6.92 Å². The van der Waals surface area contributed by atoms with Crippen molar-refractivity contribution in [1.29, 1.82) is 0 Å². The van der Waals surface area contributed by atoms with Crippen molar-refractivity contribution in [3.8, 4) is 0 Å². The van der Waals surface area contributed by atoms with Gasteiger partial charge in [0, 0.05) is 11.6 Å². The minimum atomic E-state index is -0.428. The van der Waals surface area contributed by atoms with Crippen LogP contribution in [0.25, 0.3) is 0 Å². The van der Waals surface area contributed by atoms with Crippen LogP contribution in [0.1, 0.15) is 40.0 Å². The molecule has 0 aliphatic carbocycles. The van der Waals surface area contributed by atoms with E-state index in [4.69, 9.17) is 10.8 Å². The second-order valence-electron chi connectivity index (χ2n) is 5.58. The maximum atomic E-state index is 9.14. The monoisotopic (exact) mass is 214 g/mol. The molecule has 0 radical (unpaired) electrons. The Balaban J connectivity index is 2.37. The third kappa shape index (κ3) is 4.09. The molecule has 1 aliphatic rings. The molecule has 1 aliphatic heterocycles. The number of hydrogen-bond acceptors (Lipinski definition) is 3. The first-order valence-corrected chi connectivity index (χ1v) is 6.08. The summed E-state index contributed by atoms with van der Waals surface area (Å²) in [6, 6.07) is 0.486. The predicted molar refractivity (Wildman–Crippen MR) is 63.7 cm³/mol. The Kier molecular flexibility index (Phi) is 4.56. The van der Waals surface area contributed by atoms with Crippen LogP contribution in [-0.2, 0) is 0 Å². The smallest absolute Gasteiger partial charge is 0.0609 e. The molecule has 1 fully saturated rings. The summed E-state index contributed by atoms with van der Waals surface area (Å²) in [5.74, 6) is 0.871. The third-order valence-electron chi connectivity index (χ3n) is 3.56. The lowest BCUT2D eigenvalue weighted by Crippen LogP contribution is -2.48. The zero-order valence-electron chi connectivity index (χ0n) is 10.4. The molecule has 2 atom stereocenters. The molecular formula is C12H26N2O. The quantitative estimate of drug-likeness (QED) is 0.739. The first kappa shape index (κ1) is 12.9. The Morgan fingerprint density at radius 3 is 2.47 bits per heavy atom. The fourth-order valence-corrected chi connectivity index (χ4v) is 2.34. The van der Waals surface area contributed by atoms with Crippen LogP contribution in [-0.4, -0.2) is 41.3 Å². The summed E-state index contributed by atoms with van der Waals surface area (Å²) in [5.41, 5.74) is 5.55. The van der Waals surface area contributed by atoms with E-state index in [0.29, 0.717) is 6.04 Å². The lowest BCUT2D eigenvalue weighted by molar-refractivity contribution is 0.107. The number of likely N-dealkylation sites (tertiary alicyclic amines) is 1. The minimum Gasteiger partial charge on any atom is -0.394 e. The fourth-order valence-electron chi connectivity index (χ4n) is 2.34. The second-order valence-corrected chi connectivity index (χ2v) is 5.58. The van der Waals surface area contributed by atoms with E-state index in [9.17, 15) is 0 Å². The Morgan fingerprint density at radius 1 is 1.47 bits per heavy atom. The zero-order valence-corrected chi connectivity index (χ0v) is 10.4. The van der Waals surface area contributed by atoms with Crippen LogP contribution >= 0.6 is 0 Å². The van der Waals surface area contributed by atoms with Crippen LogP contribution in [0.5, 0.6) is 0 Å². The molecule has 15 heavy (non-hydrogen) atoms. The van der Waals surface area contributed by atoms with Crippen molar-refractivity contribution in [3.05, 3.63) is 0 Å². The van der Waals surface area contributed by atoms with Crippen molar-refractivity contribution in [2.24, 2.45) is 11.7 Å². The molecule has 90 valence electrons. The molecule has 0 amide bonds. The van der Waals surface area contributed by atoms with E-state index in [1.165, 1.54) is 25.9 Å². The van der Waals surface area contributed by atoms with Crippen LogP contribution in [0.2, 0.25) is 0 Å². The largest absolute Gasteiger partial charge is 0.394 e. The number of piperidine rings is 1. The molecule has 2 unspecified atom stereocenters. The predicted octanol–water partition coefficient (Wildman–Crippen LogP) is 1.21. The van der Waals surface area contributed by atoms with Crippen LogP contribution in [0, 0.1) is 5.92 Å². The average Bonchev–Trinajstić information content (AvgIpc) is 2.18. The summed E-state index contributed by atoms with van der Waals surface area (Å²) in [5, 5.41) is 9.14. The molecule has 3 nitrogen and oxygen atoms in total. The molecule has 0 spiro atoms. The number of aliphatic hydroxyl groups is 1. The van der Waals surface area contributed by atoms with E-state index >= 15 is 0 Å². The van der Waals surface area contributed by atoms with Crippen LogP contribution in [0.3, 0.4) is 0 Å². The van der Waals surface area contributed by atoms with Crippen molar-refractivity contribution >= 4 is 0 Å². The normalized spacial score (nSPS) is 26.2. The van der Waals surface area contributed by atoms with Gasteiger partial charge in [-0.05, 0) is 52.1 Å². The van der Waals surface area contributed by atoms with E-state index in [-0.39, 0.29) is 6.61 Å². The number of hydrogen-bond donors (Lipinski definition) is 2. The summed E-state index contributed by atoms with van der Waals surface area (Å²) >= 11 is 0. The first-order valence-electron chi connectivity index (χ1n) is 6.08. The molecule has 3 heteroatoms. The molecule has 0 bridgehead atoms. The van der Waals surface area contributed by atoms with Crippen molar-refractivity contribution in [2.45, 2.75) is 51.6 Å². The lowest BCUT2D eigenvalue weighted by atomic mass is 9.92. The Bertz CT molecular complexity index is 186. The highest BCUT2D eigenvalue weighted by Crippen LogP contribution is 2.21. The van der Waals surface area contributed by atoms with Crippen molar-refractivity contribution in [2.75, 3.05) is 19.7 Å². The van der Waals surface area contributed by atoms with Gasteiger partial charge in [0.25, 0.3) is 0 Å². The van der Waals surface area contributed by atoms with Gasteiger partial charge >= 0.3 is 0 Å². The van der Waals surface area contributed by atoms with E-state index < -0.39 is 5.54 Å². The summed E-state index contributed by atoms with van der Waals surface area (Å²) in [6.07, 6.45) is 3.47. The minimum absolute atomic E-state index is 0.0710. The van der Waals surface area contributed by atoms with Gasteiger partial charge in [-0.2, -0.15) is 0 Å². The van der Waals surface area contributed by atoms with Crippen molar-refractivity contribution < 1.29 is 5.11 Å². The highest BCUT2D eigenvalue weighted by Gasteiger charge is 2.26. The zero-order chi connectivity index (χ0) is 11.5. The molecule has 0 aromatic carbocycles. The SMILES string of the molecule is CC1CCN(C(C)CC(C)(N)CO)CC1. The summed E-state index contributed by atoms with van der Waals surface area (Å²) in [4.78, 5) is 2.50. The Hall–Kier alpha value is -0.120. The molecule has 1 heterocycles. The number of rotatable bonds is 4. The summed E-state index contributed by atoms with van der Waals surface area (Å²) in [6.45, 7) is 8.91. The number of aliphatic hydroxyl groups excluding tert-OH is 1. The topological polar surface area (TPSA) is 49.5 Å². The van der Waals surface area contributed by atoms with E-state index in [1.54, 1.807) is 0 Å². The molecule has 0 aromatic rings. The molecule has 1 saturated heterocycles. The Morgan fingerprint density at radius 2 is 2.00 bits per heavy atom. The first-order chi connectivity index (χ1) is 6.94. The highest BCUT2D eigenvalue weighted by atomic mass is 16.3. The molecule has 3 N–H and O–H groups in total. The molecule has 1 rings (SSSR count). The van der Waals surface area contributed by atoms with Gasteiger partial charge in [-0.25, -0.2) is 0 Å². The number of nitrogens with two attached hydrogens (primary N) is 1. The van der Waals surface area contributed by atoms with Crippen molar-refractivity contribution in [1.82, 2.24) is 4.90 Å². The maximum Gasteiger partial charge on any atom is 0.0609 e. The van der Waals surface area contributed by atoms with Crippen molar-refractivity contribution in [3.63, 3.8) is 0 Å². The Labute approximate surface area is 93.6 Å². The van der Waals surface area contributed by atoms with Crippen LogP contribution in [0.15, 0.2) is 0 Å². The van der Waals surface area contributed by atoms with Gasteiger partial charge in [0.15, 0.2) is 0 Å². The van der Waals surface area contributed by atoms with Gasteiger partial charge in [0.05, 0.1) is 6.61 Å². The van der Waals surface area contributed by atoms with E-state index in [0.717, 1.165) is 12.3 Å². The van der Waals surface area contributed by atoms with Crippen LogP contribution < -0.4 is 5.73 Å². The third-order valence-corrected chi connectivity index (χ3v) is 3.56. The van der Waals surface area contributed by atoms with Gasteiger partial charge in [-0.3, -0.25) is 0 Å². The maximum absolute atomic E-state index is 9.14. The van der Waals surface area contributed by atoms with E-state index in [2.05, 4.69) is 18.7 Å². The van der Waals surface area contributed by atoms with Gasteiger partial charge in [0.2, 0.25) is 0 Å². The van der Waals surface area contributed by atoms with Gasteiger partial charge in [0.1, 0.15) is 0 Å². The summed E-state index contributed by atoms with van der Waals surface area (Å²) < 4.78 is 0. The molecule has 0 saturated carbocycles. The van der Waals surface area contributed by atoms with Gasteiger partial charge < -0.3 is 15.7 Å². The lowest BCUT2D eigenvalue weighted by Gasteiger charge is -2.38. The molecule has 0 aromatic heterocycles. The van der Waals surface area contributed by atoms with Crippen LogP contribution in [0.4, 0.5) is 0 Å². The number of nitrogens with zero attached hydrogens (tertiary/aromatic N) is 1. The average molecular weight is 214 g/mol. The van der Waals surface area contributed by atoms with Gasteiger partial charge in [-0.15, -0.1) is 0 Å². The summed E-state index contributed by atoms with van der Waals surface area (Å²) in [7, 11) is 0. The highest BCUT2D eigenvalue weighted by molar-refractivity contribution is 4.85. The molecular weight excluding hydrogens is 188 g/mol. The second kappa shape index (κ2) is 5.28. The fraction of sp³-hybridized carbons (Fsp3) is 1.00. The standard InChI is InChI=1S/C12H26N2O/c1-10-4-6-14(7-5-10)11(2)8-12(3,13)9-15/h10-11,15H,4-9,13H2,1-3H3.